The minimum atomic E-state index is -0.0122. The summed E-state index contributed by atoms with van der Waals surface area (Å²) in [6.45, 7) is 1.29. The lowest BCUT2D eigenvalue weighted by Crippen LogP contribution is -2.30. The van der Waals surface area contributed by atoms with Gasteiger partial charge in [0.15, 0.2) is 0 Å². The minimum absolute atomic E-state index is 0.0122. The molecule has 2 atom stereocenters. The van der Waals surface area contributed by atoms with Gasteiger partial charge in [0.05, 0.1) is 5.92 Å². The number of hydrogen-bond donors (Lipinski definition) is 0. The van der Waals surface area contributed by atoms with Gasteiger partial charge in [0.1, 0.15) is 0 Å². The van der Waals surface area contributed by atoms with Crippen molar-refractivity contribution in [2.45, 2.75) is 24.7 Å². The van der Waals surface area contributed by atoms with E-state index in [1.807, 2.05) is 47.5 Å². The van der Waals surface area contributed by atoms with Crippen LogP contribution >= 0.6 is 0 Å². The third kappa shape index (κ3) is 3.12. The summed E-state index contributed by atoms with van der Waals surface area (Å²) in [4.78, 5) is 23.5. The first-order valence-corrected chi connectivity index (χ1v) is 9.37. The van der Waals surface area contributed by atoms with Crippen molar-refractivity contribution in [2.24, 2.45) is 5.92 Å². The number of pyridine rings is 1. The Labute approximate surface area is 157 Å². The number of hydrogen-bond acceptors (Lipinski definition) is 5. The standard InChI is InChI=1S/C21H20N4O2/c26-21(15-8-9-15)25-12-17(16-7-4-10-22-11-16)18(13-25)20-23-19(24-27-20)14-5-2-1-3-6-14/h1-7,10-11,15,17-18H,8-9,12-13H2/t17-,18+/m0/s1. The van der Waals surface area contributed by atoms with Crippen molar-refractivity contribution in [1.82, 2.24) is 20.0 Å². The highest BCUT2D eigenvalue weighted by Gasteiger charge is 2.43. The zero-order valence-electron chi connectivity index (χ0n) is 14.9. The summed E-state index contributed by atoms with van der Waals surface area (Å²) in [5.41, 5.74) is 2.03. The molecule has 1 aliphatic heterocycles. The lowest BCUT2D eigenvalue weighted by molar-refractivity contribution is -0.131. The highest BCUT2D eigenvalue weighted by molar-refractivity contribution is 5.81. The molecule has 0 unspecified atom stereocenters. The third-order valence-corrected chi connectivity index (χ3v) is 5.46. The quantitative estimate of drug-likeness (QED) is 0.714. The molecule has 3 heterocycles. The van der Waals surface area contributed by atoms with E-state index in [1.165, 1.54) is 0 Å². The number of amides is 1. The molecule has 2 fully saturated rings. The zero-order chi connectivity index (χ0) is 18.2. The van der Waals surface area contributed by atoms with Crippen molar-refractivity contribution in [3.8, 4) is 11.4 Å². The van der Waals surface area contributed by atoms with Crippen LogP contribution in [0, 0.1) is 5.92 Å². The van der Waals surface area contributed by atoms with E-state index in [2.05, 4.69) is 21.2 Å². The van der Waals surface area contributed by atoms with E-state index >= 15 is 0 Å². The average Bonchev–Trinajstić information content (AvgIpc) is 3.29. The highest BCUT2D eigenvalue weighted by atomic mass is 16.5. The van der Waals surface area contributed by atoms with Crippen LogP contribution in [-0.2, 0) is 4.79 Å². The van der Waals surface area contributed by atoms with Crippen LogP contribution in [0.5, 0.6) is 0 Å². The van der Waals surface area contributed by atoms with Crippen molar-refractivity contribution in [1.29, 1.82) is 0 Å². The van der Waals surface area contributed by atoms with Crippen LogP contribution in [-0.4, -0.2) is 39.0 Å². The molecule has 1 aliphatic carbocycles. The van der Waals surface area contributed by atoms with E-state index in [4.69, 9.17) is 4.52 Å². The van der Waals surface area contributed by atoms with Crippen molar-refractivity contribution < 1.29 is 9.32 Å². The smallest absolute Gasteiger partial charge is 0.232 e. The van der Waals surface area contributed by atoms with Gasteiger partial charge in [-0.3, -0.25) is 9.78 Å². The molecule has 0 N–H and O–H groups in total. The molecule has 0 radical (unpaired) electrons. The molecule has 0 bridgehead atoms. The van der Waals surface area contributed by atoms with Crippen LogP contribution in [0.25, 0.3) is 11.4 Å². The second-order valence-corrected chi connectivity index (χ2v) is 7.34. The van der Waals surface area contributed by atoms with Crippen LogP contribution in [0.2, 0.25) is 0 Å². The van der Waals surface area contributed by atoms with Gasteiger partial charge in [0.25, 0.3) is 0 Å². The Morgan fingerprint density at radius 3 is 2.59 bits per heavy atom. The van der Waals surface area contributed by atoms with Crippen molar-refractivity contribution in [3.05, 3.63) is 66.3 Å². The first-order valence-electron chi connectivity index (χ1n) is 9.37. The molecule has 1 saturated carbocycles. The Morgan fingerprint density at radius 1 is 1.04 bits per heavy atom. The molecule has 0 spiro atoms. The van der Waals surface area contributed by atoms with Crippen molar-refractivity contribution >= 4 is 5.91 Å². The SMILES string of the molecule is O=C(C1CC1)N1C[C@@H](c2cccnc2)[C@H](c2nc(-c3ccccc3)no2)C1. The summed E-state index contributed by atoms with van der Waals surface area (Å²) >= 11 is 0. The number of likely N-dealkylation sites (tertiary alicyclic amines) is 1. The summed E-state index contributed by atoms with van der Waals surface area (Å²) in [5, 5.41) is 4.17. The van der Waals surface area contributed by atoms with Crippen molar-refractivity contribution in [3.63, 3.8) is 0 Å². The molecule has 2 aromatic heterocycles. The number of carbonyl (C=O) groups excluding carboxylic acids is 1. The molecule has 5 rings (SSSR count). The predicted molar refractivity (Wildman–Crippen MR) is 98.8 cm³/mol. The summed E-state index contributed by atoms with van der Waals surface area (Å²) < 4.78 is 5.64. The lowest BCUT2D eigenvalue weighted by Gasteiger charge is -2.16. The maximum Gasteiger partial charge on any atom is 0.232 e. The Kier molecular flexibility index (Phi) is 3.96. The molecule has 136 valence electrons. The lowest BCUT2D eigenvalue weighted by atomic mass is 9.90. The summed E-state index contributed by atoms with van der Waals surface area (Å²) in [7, 11) is 0. The molecule has 1 saturated heterocycles. The zero-order valence-corrected chi connectivity index (χ0v) is 14.9. The molecule has 1 amide bonds. The minimum Gasteiger partial charge on any atom is -0.341 e. The number of nitrogens with zero attached hydrogens (tertiary/aromatic N) is 4. The van der Waals surface area contributed by atoms with E-state index in [9.17, 15) is 4.79 Å². The average molecular weight is 360 g/mol. The maximum atomic E-state index is 12.6. The molecule has 6 nitrogen and oxygen atoms in total. The fraction of sp³-hybridized carbons (Fsp3) is 0.333. The number of rotatable bonds is 4. The van der Waals surface area contributed by atoms with Crippen LogP contribution in [0.15, 0.2) is 59.4 Å². The topological polar surface area (TPSA) is 72.1 Å². The predicted octanol–water partition coefficient (Wildman–Crippen LogP) is 3.25. The normalized spacial score (nSPS) is 22.1. The van der Waals surface area contributed by atoms with Crippen LogP contribution in [0.3, 0.4) is 0 Å². The molecule has 27 heavy (non-hydrogen) atoms. The second-order valence-electron chi connectivity index (χ2n) is 7.34. The molecule has 3 aromatic rings. The van der Waals surface area contributed by atoms with E-state index in [1.54, 1.807) is 6.20 Å². The molecular formula is C21H20N4O2. The molecular weight excluding hydrogens is 340 g/mol. The van der Waals surface area contributed by atoms with Crippen molar-refractivity contribution in [2.75, 3.05) is 13.1 Å². The van der Waals surface area contributed by atoms with E-state index in [0.717, 1.165) is 24.0 Å². The van der Waals surface area contributed by atoms with Gasteiger partial charge >= 0.3 is 0 Å². The van der Waals surface area contributed by atoms with E-state index < -0.39 is 0 Å². The molecule has 1 aromatic carbocycles. The molecule has 2 aliphatic rings. The first kappa shape index (κ1) is 16.2. The van der Waals surface area contributed by atoms with E-state index in [0.29, 0.717) is 24.8 Å². The Hall–Kier alpha value is -3.02. The molecule has 6 heteroatoms. The van der Waals surface area contributed by atoms with E-state index in [-0.39, 0.29) is 23.7 Å². The highest BCUT2D eigenvalue weighted by Crippen LogP contribution is 2.41. The Bertz CT molecular complexity index is 937. The van der Waals surface area contributed by atoms with Gasteiger partial charge < -0.3 is 9.42 Å². The number of carbonyl (C=O) groups is 1. The van der Waals surface area contributed by atoms with Gasteiger partial charge in [-0.15, -0.1) is 0 Å². The van der Waals surface area contributed by atoms with Gasteiger partial charge in [-0.25, -0.2) is 0 Å². The van der Waals surface area contributed by atoms with Gasteiger partial charge in [-0.05, 0) is 24.5 Å². The number of aromatic nitrogens is 3. The summed E-state index contributed by atoms with van der Waals surface area (Å²) in [5.74, 6) is 1.75. The summed E-state index contributed by atoms with van der Waals surface area (Å²) in [6.07, 6.45) is 5.66. The fourth-order valence-electron chi connectivity index (χ4n) is 3.85. The Balaban J connectivity index is 1.46. The van der Waals surface area contributed by atoms with Crippen LogP contribution in [0.4, 0.5) is 0 Å². The largest absolute Gasteiger partial charge is 0.341 e. The van der Waals surface area contributed by atoms with Gasteiger partial charge in [0.2, 0.25) is 17.6 Å². The monoisotopic (exact) mass is 360 g/mol. The summed E-state index contributed by atoms with van der Waals surface area (Å²) in [6, 6.07) is 13.8. The number of benzene rings is 1. The third-order valence-electron chi connectivity index (χ3n) is 5.46. The van der Waals surface area contributed by atoms with Crippen LogP contribution < -0.4 is 0 Å². The second kappa shape index (κ2) is 6.61. The van der Waals surface area contributed by atoms with Crippen LogP contribution in [0.1, 0.15) is 36.1 Å². The fourth-order valence-corrected chi connectivity index (χ4v) is 3.85. The Morgan fingerprint density at radius 2 is 1.85 bits per heavy atom. The maximum absolute atomic E-state index is 12.6. The van der Waals surface area contributed by atoms with Gasteiger partial charge in [0, 0.05) is 42.9 Å². The first-order chi connectivity index (χ1) is 13.3. The van der Waals surface area contributed by atoms with Gasteiger partial charge in [-0.1, -0.05) is 41.6 Å². The van der Waals surface area contributed by atoms with Gasteiger partial charge in [-0.2, -0.15) is 4.98 Å².